The average Bonchev–Trinajstić information content (AvgIpc) is 2.46. The van der Waals surface area contributed by atoms with E-state index in [4.69, 9.17) is 0 Å². The third kappa shape index (κ3) is 8.35. The Morgan fingerprint density at radius 1 is 0.700 bits per heavy atom. The van der Waals surface area contributed by atoms with Crippen LogP contribution >= 0.6 is 0 Å². The topological polar surface area (TPSA) is 77.2 Å². The first-order valence-corrected chi connectivity index (χ1v) is 7.78. The Morgan fingerprint density at radius 3 is 1.50 bits per heavy atom. The number of carbonyl (C=O) groups is 1. The Morgan fingerprint density at radius 2 is 1.15 bits per heavy atom. The summed E-state index contributed by atoms with van der Waals surface area (Å²) in [6.07, 6.45) is 0. The SMILES string of the molecule is CCNCC(CNCC)(CNCC)CNC(=O)NCC. The second-order valence-corrected chi connectivity index (χ2v) is 5.05. The van der Waals surface area contributed by atoms with Crippen LogP contribution in [0.25, 0.3) is 0 Å². The molecule has 0 heterocycles. The van der Waals surface area contributed by atoms with Gasteiger partial charge in [0, 0.05) is 38.1 Å². The molecule has 6 heteroatoms. The maximum Gasteiger partial charge on any atom is 0.314 e. The fourth-order valence-electron chi connectivity index (χ4n) is 2.04. The van der Waals surface area contributed by atoms with Crippen LogP contribution in [0.4, 0.5) is 4.79 Å². The molecule has 0 fully saturated rings. The summed E-state index contributed by atoms with van der Waals surface area (Å²) < 4.78 is 0. The highest BCUT2D eigenvalue weighted by atomic mass is 16.2. The van der Waals surface area contributed by atoms with E-state index in [1.807, 2.05) is 6.92 Å². The number of hydrogen-bond acceptors (Lipinski definition) is 4. The van der Waals surface area contributed by atoms with E-state index < -0.39 is 0 Å². The van der Waals surface area contributed by atoms with E-state index in [0.717, 1.165) is 39.3 Å². The first kappa shape index (κ1) is 19.1. The normalized spacial score (nSPS) is 11.4. The minimum absolute atomic E-state index is 0.0207. The first-order valence-electron chi connectivity index (χ1n) is 7.78. The highest BCUT2D eigenvalue weighted by Gasteiger charge is 2.29. The molecule has 0 aliphatic carbocycles. The van der Waals surface area contributed by atoms with Crippen molar-refractivity contribution in [1.29, 1.82) is 0 Å². The highest BCUT2D eigenvalue weighted by molar-refractivity contribution is 5.73. The molecule has 0 aliphatic rings. The van der Waals surface area contributed by atoms with Gasteiger partial charge in [-0.3, -0.25) is 0 Å². The second kappa shape index (κ2) is 11.9. The predicted octanol–water partition coefficient (Wildman–Crippen LogP) is 0.120. The van der Waals surface area contributed by atoms with Gasteiger partial charge in [-0.05, 0) is 26.6 Å². The molecular weight excluding hydrogens is 254 g/mol. The lowest BCUT2D eigenvalue weighted by Gasteiger charge is -2.35. The van der Waals surface area contributed by atoms with Gasteiger partial charge in [0.05, 0.1) is 0 Å². The van der Waals surface area contributed by atoms with E-state index in [1.165, 1.54) is 0 Å². The number of urea groups is 1. The van der Waals surface area contributed by atoms with Crippen molar-refractivity contribution < 1.29 is 4.79 Å². The number of carbonyl (C=O) groups excluding carboxylic acids is 1. The summed E-state index contributed by atoms with van der Waals surface area (Å²) in [4.78, 5) is 11.6. The number of rotatable bonds is 12. The van der Waals surface area contributed by atoms with Crippen molar-refractivity contribution in [1.82, 2.24) is 26.6 Å². The molecular formula is C14H33N5O. The first-order chi connectivity index (χ1) is 9.64. The Kier molecular flexibility index (Phi) is 11.4. The van der Waals surface area contributed by atoms with Gasteiger partial charge < -0.3 is 26.6 Å². The summed E-state index contributed by atoms with van der Waals surface area (Å²) in [5, 5.41) is 16.0. The Bertz CT molecular complexity index is 226. The maximum atomic E-state index is 11.6. The average molecular weight is 287 g/mol. The van der Waals surface area contributed by atoms with Crippen LogP contribution in [0.15, 0.2) is 0 Å². The van der Waals surface area contributed by atoms with Gasteiger partial charge in [0.2, 0.25) is 0 Å². The van der Waals surface area contributed by atoms with Gasteiger partial charge in [0.25, 0.3) is 0 Å². The summed E-state index contributed by atoms with van der Waals surface area (Å²) in [6, 6.07) is -0.0960. The molecule has 0 rings (SSSR count). The summed E-state index contributed by atoms with van der Waals surface area (Å²) in [6.45, 7) is 14.9. The van der Waals surface area contributed by atoms with Crippen LogP contribution in [-0.2, 0) is 0 Å². The van der Waals surface area contributed by atoms with Gasteiger partial charge in [0.15, 0.2) is 0 Å². The standard InChI is InChI=1S/C14H33N5O/c1-5-15-9-14(10-16-6-2,11-17-7-3)12-19-13(20)18-8-4/h15-17H,5-12H2,1-4H3,(H2,18,19,20). The van der Waals surface area contributed by atoms with Crippen molar-refractivity contribution in [2.24, 2.45) is 5.41 Å². The van der Waals surface area contributed by atoms with E-state index in [2.05, 4.69) is 47.4 Å². The monoisotopic (exact) mass is 287 g/mol. The zero-order valence-electron chi connectivity index (χ0n) is 13.6. The quantitative estimate of drug-likeness (QED) is 0.353. The summed E-state index contributed by atoms with van der Waals surface area (Å²) in [7, 11) is 0. The van der Waals surface area contributed by atoms with Crippen molar-refractivity contribution in [3.05, 3.63) is 0 Å². The predicted molar refractivity (Wildman–Crippen MR) is 85.1 cm³/mol. The molecule has 0 radical (unpaired) electrons. The van der Waals surface area contributed by atoms with E-state index >= 15 is 0 Å². The summed E-state index contributed by atoms with van der Waals surface area (Å²) in [5.74, 6) is 0. The molecule has 0 aromatic heterocycles. The summed E-state index contributed by atoms with van der Waals surface area (Å²) in [5.41, 5.74) is -0.0207. The Hall–Kier alpha value is -0.850. The van der Waals surface area contributed by atoms with E-state index in [0.29, 0.717) is 13.1 Å². The molecule has 2 amide bonds. The lowest BCUT2D eigenvalue weighted by atomic mass is 9.87. The zero-order valence-corrected chi connectivity index (χ0v) is 13.6. The van der Waals surface area contributed by atoms with Crippen molar-refractivity contribution in [2.75, 3.05) is 52.4 Å². The smallest absolute Gasteiger partial charge is 0.314 e. The molecule has 0 aliphatic heterocycles. The Labute approximate surface area is 123 Å². The molecule has 0 spiro atoms. The van der Waals surface area contributed by atoms with Crippen LogP contribution in [0, 0.1) is 5.41 Å². The molecule has 0 aromatic carbocycles. The molecule has 0 saturated carbocycles. The van der Waals surface area contributed by atoms with Crippen molar-refractivity contribution in [3.8, 4) is 0 Å². The van der Waals surface area contributed by atoms with Crippen molar-refractivity contribution in [3.63, 3.8) is 0 Å². The Balaban J connectivity index is 4.60. The lowest BCUT2D eigenvalue weighted by molar-refractivity contribution is 0.217. The van der Waals surface area contributed by atoms with Crippen LogP contribution in [-0.4, -0.2) is 58.4 Å². The number of nitrogens with one attached hydrogen (secondary N) is 5. The van der Waals surface area contributed by atoms with Gasteiger partial charge in [-0.1, -0.05) is 20.8 Å². The molecule has 6 nitrogen and oxygen atoms in total. The van der Waals surface area contributed by atoms with E-state index in [1.54, 1.807) is 0 Å². The minimum atomic E-state index is -0.0960. The molecule has 5 N–H and O–H groups in total. The number of hydrogen-bond donors (Lipinski definition) is 5. The molecule has 120 valence electrons. The van der Waals surface area contributed by atoms with Gasteiger partial charge in [-0.25, -0.2) is 4.79 Å². The van der Waals surface area contributed by atoms with E-state index in [-0.39, 0.29) is 11.4 Å². The molecule has 0 unspecified atom stereocenters. The third-order valence-electron chi connectivity index (χ3n) is 3.21. The van der Waals surface area contributed by atoms with Crippen molar-refractivity contribution >= 4 is 6.03 Å². The third-order valence-corrected chi connectivity index (χ3v) is 3.21. The van der Waals surface area contributed by atoms with E-state index in [9.17, 15) is 4.79 Å². The van der Waals surface area contributed by atoms with Gasteiger partial charge >= 0.3 is 6.03 Å². The molecule has 0 aromatic rings. The van der Waals surface area contributed by atoms with Crippen LogP contribution in [0.2, 0.25) is 0 Å². The van der Waals surface area contributed by atoms with Gasteiger partial charge in [-0.2, -0.15) is 0 Å². The van der Waals surface area contributed by atoms with Crippen LogP contribution in [0.3, 0.4) is 0 Å². The van der Waals surface area contributed by atoms with Crippen LogP contribution < -0.4 is 26.6 Å². The van der Waals surface area contributed by atoms with Crippen LogP contribution in [0.5, 0.6) is 0 Å². The fourth-order valence-corrected chi connectivity index (χ4v) is 2.04. The fraction of sp³-hybridized carbons (Fsp3) is 0.929. The molecule has 0 saturated heterocycles. The minimum Gasteiger partial charge on any atom is -0.338 e. The molecule has 0 atom stereocenters. The zero-order chi connectivity index (χ0) is 15.3. The summed E-state index contributed by atoms with van der Waals surface area (Å²) >= 11 is 0. The van der Waals surface area contributed by atoms with Gasteiger partial charge in [-0.15, -0.1) is 0 Å². The maximum absolute atomic E-state index is 11.6. The lowest BCUT2D eigenvalue weighted by Crippen LogP contribution is -2.55. The molecule has 0 bridgehead atoms. The highest BCUT2D eigenvalue weighted by Crippen LogP contribution is 2.13. The van der Waals surface area contributed by atoms with Crippen LogP contribution in [0.1, 0.15) is 27.7 Å². The largest absolute Gasteiger partial charge is 0.338 e. The second-order valence-electron chi connectivity index (χ2n) is 5.05. The van der Waals surface area contributed by atoms with Crippen molar-refractivity contribution in [2.45, 2.75) is 27.7 Å². The number of amides is 2. The van der Waals surface area contributed by atoms with Gasteiger partial charge in [0.1, 0.15) is 0 Å². The molecule has 20 heavy (non-hydrogen) atoms.